The smallest absolute Gasteiger partial charge is 0.306 e. The monoisotopic (exact) mass is 905 g/mol. The van der Waals surface area contributed by atoms with E-state index >= 15 is 0 Å². The van der Waals surface area contributed by atoms with Crippen LogP contribution in [0.4, 0.5) is 0 Å². The van der Waals surface area contributed by atoms with E-state index in [1.807, 2.05) is 0 Å². The molecule has 0 heterocycles. The summed E-state index contributed by atoms with van der Waals surface area (Å²) < 4.78 is 16.9. The molecule has 0 spiro atoms. The van der Waals surface area contributed by atoms with Gasteiger partial charge >= 0.3 is 17.9 Å². The van der Waals surface area contributed by atoms with Gasteiger partial charge in [-0.1, -0.05) is 291 Å². The number of unbranched alkanes of at least 4 members (excludes halogenated alkanes) is 39. The summed E-state index contributed by atoms with van der Waals surface area (Å²) in [7, 11) is 0. The number of carbonyl (C=O) groups is 3. The number of carbonyl (C=O) groups excluding carboxylic acids is 3. The van der Waals surface area contributed by atoms with E-state index in [0.29, 0.717) is 19.3 Å². The van der Waals surface area contributed by atoms with Crippen molar-refractivity contribution in [3.8, 4) is 0 Å². The van der Waals surface area contributed by atoms with Crippen molar-refractivity contribution in [2.75, 3.05) is 13.2 Å². The molecular formula is C58H112O6. The van der Waals surface area contributed by atoms with Crippen molar-refractivity contribution in [1.29, 1.82) is 0 Å². The zero-order chi connectivity index (χ0) is 46.7. The Morgan fingerprint density at radius 3 is 0.812 bits per heavy atom. The molecule has 0 saturated heterocycles. The molecule has 380 valence electrons. The third kappa shape index (κ3) is 49.8. The van der Waals surface area contributed by atoms with Crippen LogP contribution in [0.25, 0.3) is 0 Å². The molecule has 2 atom stereocenters. The number of esters is 3. The van der Waals surface area contributed by atoms with Crippen molar-refractivity contribution in [3.05, 3.63) is 0 Å². The number of hydrogen-bond acceptors (Lipinski definition) is 6. The van der Waals surface area contributed by atoms with E-state index in [2.05, 4.69) is 27.7 Å². The Bertz CT molecular complexity index is 966. The molecule has 6 heteroatoms. The second kappa shape index (κ2) is 52.4. The first-order valence-corrected chi connectivity index (χ1v) is 28.9. The van der Waals surface area contributed by atoms with Gasteiger partial charge in [-0.25, -0.2) is 0 Å². The third-order valence-corrected chi connectivity index (χ3v) is 13.7. The van der Waals surface area contributed by atoms with E-state index in [0.717, 1.165) is 63.7 Å². The van der Waals surface area contributed by atoms with E-state index in [1.54, 1.807) is 0 Å². The van der Waals surface area contributed by atoms with Gasteiger partial charge in [-0.2, -0.15) is 0 Å². The largest absolute Gasteiger partial charge is 0.462 e. The molecule has 0 aliphatic heterocycles. The van der Waals surface area contributed by atoms with Gasteiger partial charge in [-0.3, -0.25) is 14.4 Å². The predicted octanol–water partition coefficient (Wildman–Crippen LogP) is 19.0. The molecule has 0 aromatic heterocycles. The van der Waals surface area contributed by atoms with Gasteiger partial charge in [0.1, 0.15) is 13.2 Å². The van der Waals surface area contributed by atoms with Gasteiger partial charge in [-0.15, -0.1) is 0 Å². The summed E-state index contributed by atoms with van der Waals surface area (Å²) in [5.74, 6) is 0.0727. The van der Waals surface area contributed by atoms with Crippen LogP contribution in [0.2, 0.25) is 0 Å². The molecule has 0 aromatic carbocycles. The first-order chi connectivity index (χ1) is 31.4. The standard InChI is InChI=1S/C58H112O6/c1-5-8-10-12-14-16-18-25-31-35-39-43-47-51-58(61)64-55(52-62-56(59)49-45-41-37-33-28-17-15-13-11-9-6-2)53-63-57(60)50-46-42-38-34-30-27-24-22-20-19-21-23-26-29-32-36-40-44-48-54(4)7-3/h54-55H,5-53H2,1-4H3/t54?,55-/m0/s1. The molecule has 0 aromatic rings. The van der Waals surface area contributed by atoms with Gasteiger partial charge in [0.05, 0.1) is 0 Å². The van der Waals surface area contributed by atoms with Crippen molar-refractivity contribution < 1.29 is 28.6 Å². The van der Waals surface area contributed by atoms with Crippen LogP contribution in [0.1, 0.15) is 329 Å². The van der Waals surface area contributed by atoms with Crippen molar-refractivity contribution in [3.63, 3.8) is 0 Å². The molecule has 0 aliphatic rings. The Balaban J connectivity index is 4.19. The summed E-state index contributed by atoms with van der Waals surface area (Å²) in [6, 6.07) is 0. The highest BCUT2D eigenvalue weighted by molar-refractivity contribution is 5.71. The Hall–Kier alpha value is -1.59. The van der Waals surface area contributed by atoms with Crippen molar-refractivity contribution in [1.82, 2.24) is 0 Å². The summed E-state index contributed by atoms with van der Waals surface area (Å²) in [4.78, 5) is 38.0. The number of rotatable bonds is 53. The normalized spacial score (nSPS) is 12.4. The quantitative estimate of drug-likeness (QED) is 0.0344. The van der Waals surface area contributed by atoms with Crippen LogP contribution in [0.3, 0.4) is 0 Å². The summed E-state index contributed by atoms with van der Waals surface area (Å²) in [5.41, 5.74) is 0. The molecule has 64 heavy (non-hydrogen) atoms. The highest BCUT2D eigenvalue weighted by Gasteiger charge is 2.19. The molecule has 0 saturated carbocycles. The number of ether oxygens (including phenoxy) is 3. The minimum absolute atomic E-state index is 0.0619. The van der Waals surface area contributed by atoms with E-state index in [-0.39, 0.29) is 31.1 Å². The summed E-state index contributed by atoms with van der Waals surface area (Å²) >= 11 is 0. The Morgan fingerprint density at radius 1 is 0.312 bits per heavy atom. The van der Waals surface area contributed by atoms with Crippen LogP contribution in [0.15, 0.2) is 0 Å². The lowest BCUT2D eigenvalue weighted by Crippen LogP contribution is -2.30. The SMILES string of the molecule is CCCCCCCCCCCCCCCC(=O)O[C@@H](COC(=O)CCCCCCCCCCCCC)COC(=O)CCCCCCCCCCCCCCCCCCCCC(C)CC. The van der Waals surface area contributed by atoms with Crippen LogP contribution in [0, 0.1) is 5.92 Å². The zero-order valence-corrected chi connectivity index (χ0v) is 43.8. The van der Waals surface area contributed by atoms with E-state index in [9.17, 15) is 14.4 Å². The zero-order valence-electron chi connectivity index (χ0n) is 43.8. The number of hydrogen-bond donors (Lipinski definition) is 0. The fourth-order valence-electron chi connectivity index (χ4n) is 8.89. The molecule has 0 amide bonds. The van der Waals surface area contributed by atoms with Gasteiger partial charge in [0, 0.05) is 19.3 Å². The first kappa shape index (κ1) is 62.4. The van der Waals surface area contributed by atoms with E-state index < -0.39 is 6.10 Å². The minimum Gasteiger partial charge on any atom is -0.462 e. The molecule has 0 aliphatic carbocycles. The topological polar surface area (TPSA) is 78.9 Å². The van der Waals surface area contributed by atoms with E-state index in [1.165, 1.54) is 225 Å². The molecule has 0 radical (unpaired) electrons. The van der Waals surface area contributed by atoms with Crippen LogP contribution in [-0.4, -0.2) is 37.2 Å². The highest BCUT2D eigenvalue weighted by Crippen LogP contribution is 2.18. The predicted molar refractivity (Wildman–Crippen MR) is 275 cm³/mol. The second-order valence-corrected chi connectivity index (χ2v) is 20.2. The third-order valence-electron chi connectivity index (χ3n) is 13.7. The Kier molecular flexibility index (Phi) is 51.1. The molecule has 0 fully saturated rings. The van der Waals surface area contributed by atoms with Crippen LogP contribution in [0.5, 0.6) is 0 Å². The molecular weight excluding hydrogens is 793 g/mol. The minimum atomic E-state index is -0.761. The van der Waals surface area contributed by atoms with Gasteiger partial charge < -0.3 is 14.2 Å². The van der Waals surface area contributed by atoms with Crippen LogP contribution >= 0.6 is 0 Å². The molecule has 6 nitrogen and oxygen atoms in total. The summed E-state index contributed by atoms with van der Waals surface area (Å²) in [6.07, 6.45) is 56.6. The van der Waals surface area contributed by atoms with Gasteiger partial charge in [-0.05, 0) is 25.2 Å². The maximum absolute atomic E-state index is 12.8. The lowest BCUT2D eigenvalue weighted by molar-refractivity contribution is -0.167. The second-order valence-electron chi connectivity index (χ2n) is 20.2. The molecule has 1 unspecified atom stereocenters. The summed E-state index contributed by atoms with van der Waals surface area (Å²) in [5, 5.41) is 0. The van der Waals surface area contributed by atoms with Crippen molar-refractivity contribution in [2.24, 2.45) is 5.92 Å². The molecule has 0 N–H and O–H groups in total. The fourth-order valence-corrected chi connectivity index (χ4v) is 8.89. The lowest BCUT2D eigenvalue weighted by Gasteiger charge is -2.18. The lowest BCUT2D eigenvalue weighted by atomic mass is 9.99. The van der Waals surface area contributed by atoms with Gasteiger partial charge in [0.25, 0.3) is 0 Å². The maximum Gasteiger partial charge on any atom is 0.306 e. The van der Waals surface area contributed by atoms with Gasteiger partial charge in [0.15, 0.2) is 6.10 Å². The molecule has 0 rings (SSSR count). The van der Waals surface area contributed by atoms with Crippen LogP contribution < -0.4 is 0 Å². The van der Waals surface area contributed by atoms with E-state index in [4.69, 9.17) is 14.2 Å². The van der Waals surface area contributed by atoms with Crippen LogP contribution in [-0.2, 0) is 28.6 Å². The Labute approximate surface area is 399 Å². The average molecular weight is 906 g/mol. The average Bonchev–Trinajstić information content (AvgIpc) is 3.29. The van der Waals surface area contributed by atoms with Crippen molar-refractivity contribution in [2.45, 2.75) is 336 Å². The highest BCUT2D eigenvalue weighted by atomic mass is 16.6. The molecule has 0 bridgehead atoms. The van der Waals surface area contributed by atoms with Crippen molar-refractivity contribution >= 4 is 17.9 Å². The Morgan fingerprint density at radius 2 is 0.547 bits per heavy atom. The fraction of sp³-hybridized carbons (Fsp3) is 0.948. The maximum atomic E-state index is 12.8. The first-order valence-electron chi connectivity index (χ1n) is 28.9. The summed E-state index contributed by atoms with van der Waals surface area (Å²) in [6.45, 7) is 9.09. The van der Waals surface area contributed by atoms with Gasteiger partial charge in [0.2, 0.25) is 0 Å².